The van der Waals surface area contributed by atoms with E-state index in [4.69, 9.17) is 5.73 Å². The van der Waals surface area contributed by atoms with Crippen LogP contribution >= 0.6 is 0 Å². The summed E-state index contributed by atoms with van der Waals surface area (Å²) in [5.41, 5.74) is 6.87. The van der Waals surface area contributed by atoms with Crippen molar-refractivity contribution >= 4 is 5.82 Å². The van der Waals surface area contributed by atoms with Crippen LogP contribution in [0.25, 0.3) is 5.69 Å². The summed E-state index contributed by atoms with van der Waals surface area (Å²) in [5, 5.41) is 4.03. The van der Waals surface area contributed by atoms with Gasteiger partial charge in [0.25, 0.3) is 0 Å². The average molecular weight is 237 g/mol. The molecule has 0 aliphatic heterocycles. The van der Waals surface area contributed by atoms with E-state index in [0.717, 1.165) is 11.6 Å². The first-order valence-electron chi connectivity index (χ1n) is 5.29. The predicted octanol–water partition coefficient (Wildman–Crippen LogP) is 2.86. The highest BCUT2D eigenvalue weighted by Crippen LogP contribution is 2.25. The van der Waals surface area contributed by atoms with Gasteiger partial charge in [-0.1, -0.05) is 13.8 Å². The molecule has 17 heavy (non-hydrogen) atoms. The van der Waals surface area contributed by atoms with E-state index in [0.29, 0.717) is 5.82 Å². The van der Waals surface area contributed by atoms with Gasteiger partial charge in [0.05, 0.1) is 6.20 Å². The monoisotopic (exact) mass is 237 g/mol. The van der Waals surface area contributed by atoms with Gasteiger partial charge in [-0.05, 0) is 18.1 Å². The molecule has 0 saturated heterocycles. The molecular weight excluding hydrogens is 224 g/mol. The average Bonchev–Trinajstić information content (AvgIpc) is 2.60. The molecule has 90 valence electrons. The van der Waals surface area contributed by atoms with Gasteiger partial charge in [0.15, 0.2) is 5.82 Å². The lowest BCUT2D eigenvalue weighted by molar-refractivity contribution is 0.574. The minimum Gasteiger partial charge on any atom is -0.383 e. The number of rotatable bonds is 2. The largest absolute Gasteiger partial charge is 0.383 e. The minimum atomic E-state index is -0.685. The Morgan fingerprint density at radius 1 is 1.29 bits per heavy atom. The van der Waals surface area contributed by atoms with Gasteiger partial charge in [0.2, 0.25) is 0 Å². The van der Waals surface area contributed by atoms with E-state index in [2.05, 4.69) is 5.10 Å². The molecule has 2 aromatic rings. The Kier molecular flexibility index (Phi) is 2.83. The van der Waals surface area contributed by atoms with E-state index in [1.54, 1.807) is 6.20 Å². The van der Waals surface area contributed by atoms with Crippen molar-refractivity contribution in [2.24, 2.45) is 0 Å². The van der Waals surface area contributed by atoms with Crippen LogP contribution in [0.2, 0.25) is 0 Å². The lowest BCUT2D eigenvalue weighted by Gasteiger charge is -2.07. The smallest absolute Gasteiger partial charge is 0.151 e. The van der Waals surface area contributed by atoms with Crippen LogP contribution in [0.5, 0.6) is 0 Å². The van der Waals surface area contributed by atoms with Gasteiger partial charge in [-0.3, -0.25) is 0 Å². The zero-order valence-corrected chi connectivity index (χ0v) is 9.61. The second-order valence-electron chi connectivity index (χ2n) is 4.15. The van der Waals surface area contributed by atoms with Crippen molar-refractivity contribution < 1.29 is 8.78 Å². The number of nitrogens with two attached hydrogens (primary N) is 1. The standard InChI is InChI=1S/C12H13F2N3/c1-7(2)9-6-16-17(12(9)15)11-4-3-8(13)5-10(11)14/h3-7H,15H2,1-2H3. The van der Waals surface area contributed by atoms with Gasteiger partial charge >= 0.3 is 0 Å². The van der Waals surface area contributed by atoms with E-state index in [9.17, 15) is 8.78 Å². The third kappa shape index (κ3) is 2.00. The molecule has 3 nitrogen and oxygen atoms in total. The summed E-state index contributed by atoms with van der Waals surface area (Å²) in [6.45, 7) is 3.94. The molecule has 0 atom stereocenters. The van der Waals surface area contributed by atoms with Crippen molar-refractivity contribution in [1.82, 2.24) is 9.78 Å². The fourth-order valence-electron chi connectivity index (χ4n) is 1.66. The fourth-order valence-corrected chi connectivity index (χ4v) is 1.66. The van der Waals surface area contributed by atoms with Crippen molar-refractivity contribution in [3.05, 3.63) is 41.6 Å². The van der Waals surface area contributed by atoms with Crippen molar-refractivity contribution in [1.29, 1.82) is 0 Å². The van der Waals surface area contributed by atoms with Crippen molar-refractivity contribution in [2.45, 2.75) is 19.8 Å². The van der Waals surface area contributed by atoms with E-state index in [-0.39, 0.29) is 11.6 Å². The predicted molar refractivity (Wildman–Crippen MR) is 62.0 cm³/mol. The van der Waals surface area contributed by atoms with Crippen molar-refractivity contribution in [2.75, 3.05) is 5.73 Å². The Morgan fingerprint density at radius 2 is 2.00 bits per heavy atom. The third-order valence-corrected chi connectivity index (χ3v) is 2.60. The molecule has 1 heterocycles. The quantitative estimate of drug-likeness (QED) is 0.872. The van der Waals surface area contributed by atoms with Crippen LogP contribution in [-0.2, 0) is 0 Å². The number of anilines is 1. The summed E-state index contributed by atoms with van der Waals surface area (Å²) in [6.07, 6.45) is 1.60. The molecule has 5 heteroatoms. The maximum atomic E-state index is 13.6. The number of hydrogen-bond acceptors (Lipinski definition) is 2. The van der Waals surface area contributed by atoms with E-state index in [1.165, 1.54) is 16.8 Å². The number of benzene rings is 1. The molecule has 2 rings (SSSR count). The lowest BCUT2D eigenvalue weighted by Crippen LogP contribution is -2.05. The number of halogens is 2. The molecule has 1 aromatic heterocycles. The molecule has 1 aromatic carbocycles. The van der Waals surface area contributed by atoms with Crippen molar-refractivity contribution in [3.8, 4) is 5.69 Å². The molecule has 0 unspecified atom stereocenters. The van der Waals surface area contributed by atoms with Crippen LogP contribution in [0.4, 0.5) is 14.6 Å². The van der Waals surface area contributed by atoms with Gasteiger partial charge in [0.1, 0.15) is 17.3 Å². The molecule has 0 bridgehead atoms. The third-order valence-electron chi connectivity index (χ3n) is 2.60. The molecule has 0 aliphatic rings. The highest BCUT2D eigenvalue weighted by Gasteiger charge is 2.14. The molecule has 2 N–H and O–H groups in total. The zero-order valence-electron chi connectivity index (χ0n) is 9.61. The maximum absolute atomic E-state index is 13.6. The highest BCUT2D eigenvalue weighted by molar-refractivity contribution is 5.48. The maximum Gasteiger partial charge on any atom is 0.151 e. The van der Waals surface area contributed by atoms with Crippen LogP contribution in [0.3, 0.4) is 0 Å². The van der Waals surface area contributed by atoms with Crippen LogP contribution < -0.4 is 5.73 Å². The zero-order chi connectivity index (χ0) is 12.6. The first-order chi connectivity index (χ1) is 8.00. The summed E-state index contributed by atoms with van der Waals surface area (Å²) in [4.78, 5) is 0. The Hall–Kier alpha value is -1.91. The minimum absolute atomic E-state index is 0.149. The number of hydrogen-bond donors (Lipinski definition) is 1. The van der Waals surface area contributed by atoms with E-state index < -0.39 is 11.6 Å². The Labute approximate surface area is 97.9 Å². The van der Waals surface area contributed by atoms with Gasteiger partial charge in [-0.25, -0.2) is 13.5 Å². The molecule has 0 spiro atoms. The second-order valence-corrected chi connectivity index (χ2v) is 4.15. The molecule has 0 radical (unpaired) electrons. The van der Waals surface area contributed by atoms with Gasteiger partial charge in [0, 0.05) is 11.6 Å². The highest BCUT2D eigenvalue weighted by atomic mass is 19.1. The topological polar surface area (TPSA) is 43.8 Å². The molecular formula is C12H13F2N3. The Bertz CT molecular complexity index is 547. The molecule has 0 amide bonds. The second kappa shape index (κ2) is 4.16. The first-order valence-corrected chi connectivity index (χ1v) is 5.29. The van der Waals surface area contributed by atoms with Crippen LogP contribution in [0, 0.1) is 11.6 Å². The molecule has 0 aliphatic carbocycles. The molecule has 0 fully saturated rings. The fraction of sp³-hybridized carbons (Fsp3) is 0.250. The van der Waals surface area contributed by atoms with E-state index >= 15 is 0 Å². The summed E-state index contributed by atoms with van der Waals surface area (Å²) in [6, 6.07) is 3.30. The SMILES string of the molecule is CC(C)c1cnn(-c2ccc(F)cc2F)c1N. The number of aromatic nitrogens is 2. The summed E-state index contributed by atoms with van der Waals surface area (Å²) >= 11 is 0. The summed E-state index contributed by atoms with van der Waals surface area (Å²) in [5.74, 6) is -0.728. The van der Waals surface area contributed by atoms with Crippen LogP contribution in [0.1, 0.15) is 25.3 Å². The normalized spacial score (nSPS) is 11.1. The van der Waals surface area contributed by atoms with Gasteiger partial charge < -0.3 is 5.73 Å². The number of nitrogens with zero attached hydrogens (tertiary/aromatic N) is 2. The molecule has 0 saturated carbocycles. The van der Waals surface area contributed by atoms with Crippen LogP contribution in [0.15, 0.2) is 24.4 Å². The van der Waals surface area contributed by atoms with Gasteiger partial charge in [-0.2, -0.15) is 5.10 Å². The summed E-state index contributed by atoms with van der Waals surface area (Å²) < 4.78 is 27.6. The Balaban J connectivity index is 2.54. The van der Waals surface area contributed by atoms with E-state index in [1.807, 2.05) is 13.8 Å². The van der Waals surface area contributed by atoms with Gasteiger partial charge in [-0.15, -0.1) is 0 Å². The Morgan fingerprint density at radius 3 is 2.53 bits per heavy atom. The lowest BCUT2D eigenvalue weighted by atomic mass is 10.1. The van der Waals surface area contributed by atoms with Crippen LogP contribution in [-0.4, -0.2) is 9.78 Å². The summed E-state index contributed by atoms with van der Waals surface area (Å²) in [7, 11) is 0. The first kappa shape index (κ1) is 11.6. The van der Waals surface area contributed by atoms with Crippen molar-refractivity contribution in [3.63, 3.8) is 0 Å². The number of nitrogen functional groups attached to an aromatic ring is 1.